The lowest BCUT2D eigenvalue weighted by atomic mass is 9.87. The molecule has 2 aliphatic heterocycles. The largest absolute Gasteiger partial charge is 0.369 e. The molecule has 3 N–H and O–H groups in total. The number of carbonyl (C=O) groups is 1. The predicted molar refractivity (Wildman–Crippen MR) is 136 cm³/mol. The average molecular weight is 457 g/mol. The molecular weight excluding hydrogens is 424 g/mol. The summed E-state index contributed by atoms with van der Waals surface area (Å²) in [5.74, 6) is 0.389. The summed E-state index contributed by atoms with van der Waals surface area (Å²) < 4.78 is 0. The molecule has 0 spiro atoms. The standard InChI is InChI=1S/C27H32N6O/c1-27(2)18-33(17-21-5-3-11-29-21)24-15-20(7-8-23(24)27)32-26(34)22-6-4-12-30-25(22)31-16-19-9-13-28-14-10-19/h4,6-10,12-15,21,29H,3,5,11,16-18H2,1-2H3,(H,30,31)(H,32,34). The minimum absolute atomic E-state index is 0.0872. The maximum atomic E-state index is 13.2. The second-order valence-electron chi connectivity index (χ2n) is 9.85. The summed E-state index contributed by atoms with van der Waals surface area (Å²) in [5, 5.41) is 9.99. The van der Waals surface area contributed by atoms with Crippen LogP contribution in [0.2, 0.25) is 0 Å². The number of carbonyl (C=O) groups excluding carboxylic acids is 1. The van der Waals surface area contributed by atoms with Crippen LogP contribution in [0.15, 0.2) is 61.1 Å². The lowest BCUT2D eigenvalue weighted by molar-refractivity contribution is 0.102. The summed E-state index contributed by atoms with van der Waals surface area (Å²) in [4.78, 5) is 24.1. The van der Waals surface area contributed by atoms with Crippen LogP contribution >= 0.6 is 0 Å². The van der Waals surface area contributed by atoms with Gasteiger partial charge in [0.2, 0.25) is 0 Å². The number of hydrogen-bond donors (Lipinski definition) is 3. The average Bonchev–Trinajstić information content (AvgIpc) is 3.44. The topological polar surface area (TPSA) is 82.2 Å². The minimum Gasteiger partial charge on any atom is -0.369 e. The fourth-order valence-electron chi connectivity index (χ4n) is 5.05. The maximum absolute atomic E-state index is 13.2. The van der Waals surface area contributed by atoms with Crippen LogP contribution in [-0.4, -0.2) is 41.6 Å². The zero-order valence-corrected chi connectivity index (χ0v) is 19.8. The number of amides is 1. The first-order valence-corrected chi connectivity index (χ1v) is 12.0. The van der Waals surface area contributed by atoms with Crippen LogP contribution in [0.25, 0.3) is 0 Å². The summed E-state index contributed by atoms with van der Waals surface area (Å²) in [6.07, 6.45) is 7.67. The van der Waals surface area contributed by atoms with E-state index in [1.165, 1.54) is 24.1 Å². The van der Waals surface area contributed by atoms with Gasteiger partial charge in [0.05, 0.1) is 5.56 Å². The quantitative estimate of drug-likeness (QED) is 0.495. The summed E-state index contributed by atoms with van der Waals surface area (Å²) in [7, 11) is 0. The molecule has 0 radical (unpaired) electrons. The summed E-state index contributed by atoms with van der Waals surface area (Å²) in [6.45, 7) is 8.25. The highest BCUT2D eigenvalue weighted by atomic mass is 16.1. The number of benzene rings is 1. The highest BCUT2D eigenvalue weighted by Crippen LogP contribution is 2.42. The molecule has 1 unspecified atom stereocenters. The number of nitrogens with one attached hydrogen (secondary N) is 3. The van der Waals surface area contributed by atoms with E-state index >= 15 is 0 Å². The lowest BCUT2D eigenvalue weighted by Crippen LogP contribution is -2.38. The van der Waals surface area contributed by atoms with E-state index in [9.17, 15) is 4.79 Å². The zero-order chi connectivity index (χ0) is 23.5. The van der Waals surface area contributed by atoms with Gasteiger partial charge in [-0.15, -0.1) is 0 Å². The van der Waals surface area contributed by atoms with Crippen molar-refractivity contribution in [2.75, 3.05) is 35.2 Å². The third-order valence-corrected chi connectivity index (χ3v) is 6.78. The Balaban J connectivity index is 1.33. The van der Waals surface area contributed by atoms with Crippen molar-refractivity contribution in [2.24, 2.45) is 0 Å². The Morgan fingerprint density at radius 3 is 2.82 bits per heavy atom. The highest BCUT2D eigenvalue weighted by molar-refractivity contribution is 6.07. The molecule has 1 atom stereocenters. The van der Waals surface area contributed by atoms with E-state index in [0.717, 1.165) is 30.9 Å². The third-order valence-electron chi connectivity index (χ3n) is 6.78. The molecule has 2 aliphatic rings. The number of hydrogen-bond acceptors (Lipinski definition) is 6. The van der Waals surface area contributed by atoms with Crippen molar-refractivity contribution in [1.29, 1.82) is 0 Å². The molecular formula is C27H32N6O. The lowest BCUT2D eigenvalue weighted by Gasteiger charge is -2.25. The van der Waals surface area contributed by atoms with Gasteiger partial charge in [-0.1, -0.05) is 19.9 Å². The number of nitrogens with zero attached hydrogens (tertiary/aromatic N) is 3. The molecule has 4 heterocycles. The summed E-state index contributed by atoms with van der Waals surface area (Å²) in [6, 6.07) is 14.3. The molecule has 1 fully saturated rings. The Hall–Kier alpha value is -3.45. The first-order chi connectivity index (χ1) is 16.5. The molecule has 1 aromatic carbocycles. The second kappa shape index (κ2) is 9.43. The number of fused-ring (bicyclic) bond motifs is 1. The van der Waals surface area contributed by atoms with Crippen LogP contribution in [0.4, 0.5) is 17.2 Å². The van der Waals surface area contributed by atoms with Crippen LogP contribution < -0.4 is 20.9 Å². The number of anilines is 3. The van der Waals surface area contributed by atoms with E-state index in [1.54, 1.807) is 30.7 Å². The predicted octanol–water partition coefficient (Wildman–Crippen LogP) is 4.19. The monoisotopic (exact) mass is 456 g/mol. The minimum atomic E-state index is -0.174. The fraction of sp³-hybridized carbons (Fsp3) is 0.370. The highest BCUT2D eigenvalue weighted by Gasteiger charge is 2.36. The van der Waals surface area contributed by atoms with E-state index < -0.39 is 0 Å². The molecule has 7 nitrogen and oxygen atoms in total. The van der Waals surface area contributed by atoms with Gasteiger partial charge in [-0.2, -0.15) is 0 Å². The Bertz CT molecular complexity index is 1160. The van der Waals surface area contributed by atoms with Gasteiger partial charge in [0, 0.05) is 61.1 Å². The molecule has 0 saturated carbocycles. The Labute approximate surface area is 201 Å². The van der Waals surface area contributed by atoms with Gasteiger partial charge in [0.15, 0.2) is 0 Å². The van der Waals surface area contributed by atoms with Crippen LogP contribution in [0.1, 0.15) is 48.2 Å². The van der Waals surface area contributed by atoms with Crippen LogP contribution in [-0.2, 0) is 12.0 Å². The smallest absolute Gasteiger partial charge is 0.259 e. The molecule has 1 amide bonds. The normalized spacial score (nSPS) is 18.5. The molecule has 0 bridgehead atoms. The van der Waals surface area contributed by atoms with E-state index in [-0.39, 0.29) is 11.3 Å². The molecule has 2 aromatic heterocycles. The van der Waals surface area contributed by atoms with Crippen molar-refractivity contribution >= 4 is 23.1 Å². The van der Waals surface area contributed by atoms with Gasteiger partial charge < -0.3 is 20.9 Å². The van der Waals surface area contributed by atoms with Gasteiger partial charge in [0.1, 0.15) is 5.82 Å². The molecule has 5 rings (SSSR count). The van der Waals surface area contributed by atoms with Gasteiger partial charge >= 0.3 is 0 Å². The zero-order valence-electron chi connectivity index (χ0n) is 19.8. The Morgan fingerprint density at radius 2 is 2.03 bits per heavy atom. The van der Waals surface area contributed by atoms with E-state index in [4.69, 9.17) is 0 Å². The maximum Gasteiger partial charge on any atom is 0.259 e. The summed E-state index contributed by atoms with van der Waals surface area (Å²) in [5.41, 5.74) is 5.04. The number of rotatable bonds is 7. The van der Waals surface area contributed by atoms with Crippen LogP contribution in [0, 0.1) is 0 Å². The first-order valence-electron chi connectivity index (χ1n) is 12.0. The number of aromatic nitrogens is 2. The molecule has 7 heteroatoms. The number of pyridine rings is 2. The van der Waals surface area contributed by atoms with Gasteiger partial charge in [-0.25, -0.2) is 4.98 Å². The third kappa shape index (κ3) is 4.75. The summed E-state index contributed by atoms with van der Waals surface area (Å²) >= 11 is 0. The molecule has 0 aliphatic carbocycles. The van der Waals surface area contributed by atoms with E-state index in [2.05, 4.69) is 56.8 Å². The van der Waals surface area contributed by atoms with Gasteiger partial charge in [0.25, 0.3) is 5.91 Å². The second-order valence-corrected chi connectivity index (χ2v) is 9.85. The molecule has 3 aromatic rings. The Morgan fingerprint density at radius 1 is 1.18 bits per heavy atom. The van der Waals surface area contributed by atoms with Gasteiger partial charge in [-0.3, -0.25) is 9.78 Å². The van der Waals surface area contributed by atoms with Crippen molar-refractivity contribution in [2.45, 2.75) is 44.7 Å². The van der Waals surface area contributed by atoms with Crippen molar-refractivity contribution in [1.82, 2.24) is 15.3 Å². The van der Waals surface area contributed by atoms with Gasteiger partial charge in [-0.05, 0) is 66.9 Å². The van der Waals surface area contributed by atoms with Crippen molar-refractivity contribution in [3.63, 3.8) is 0 Å². The Kier molecular flexibility index (Phi) is 6.20. The van der Waals surface area contributed by atoms with Crippen LogP contribution in [0.3, 0.4) is 0 Å². The first kappa shape index (κ1) is 22.3. The molecule has 34 heavy (non-hydrogen) atoms. The van der Waals surface area contributed by atoms with Crippen molar-refractivity contribution in [3.05, 3.63) is 77.7 Å². The van der Waals surface area contributed by atoms with Crippen molar-refractivity contribution in [3.8, 4) is 0 Å². The molecule has 1 saturated heterocycles. The van der Waals surface area contributed by atoms with Crippen LogP contribution in [0.5, 0.6) is 0 Å². The van der Waals surface area contributed by atoms with Crippen molar-refractivity contribution < 1.29 is 4.79 Å². The van der Waals surface area contributed by atoms with E-state index in [1.807, 2.05) is 18.2 Å². The SMILES string of the molecule is CC1(C)CN(CC2CCCN2)c2cc(NC(=O)c3cccnc3NCc3ccncc3)ccc21. The molecule has 176 valence electrons. The van der Waals surface area contributed by atoms with E-state index in [0.29, 0.717) is 24.0 Å². The fourth-order valence-corrected chi connectivity index (χ4v) is 5.05.